The smallest absolute Gasteiger partial charge is 0.851 e. The minimum absolute atomic E-state index is 0. The van der Waals surface area contributed by atoms with E-state index in [2.05, 4.69) is 81.0 Å². The van der Waals surface area contributed by atoms with Crippen molar-refractivity contribution in [3.8, 4) is 39.9 Å². The van der Waals surface area contributed by atoms with Gasteiger partial charge in [0.1, 0.15) is 47.2 Å². The van der Waals surface area contributed by atoms with Gasteiger partial charge in [-0.2, -0.15) is 0 Å². The average molecular weight is 913 g/mol. The Labute approximate surface area is 413 Å². The third kappa shape index (κ3) is 14.2. The van der Waals surface area contributed by atoms with Gasteiger partial charge in [-0.05, 0) is 119 Å². The number of benzene rings is 5. The molecule has 0 atom stereocenters. The molecule has 0 spiro atoms. The predicted molar refractivity (Wildman–Crippen MR) is 258 cm³/mol. The number of aliphatic hydroxyl groups is 1. The van der Waals surface area contributed by atoms with Crippen molar-refractivity contribution in [3.05, 3.63) is 185 Å². The summed E-state index contributed by atoms with van der Waals surface area (Å²) in [6.45, 7) is 6.86. The number of aromatic amines is 2. The molecule has 0 aliphatic heterocycles. The molecule has 5 aromatic carbocycles. The topological polar surface area (TPSA) is 154 Å². The Morgan fingerprint density at radius 2 is 0.985 bits per heavy atom. The zero-order valence-corrected chi connectivity index (χ0v) is 41.1. The molecule has 0 saturated heterocycles. The molecule has 9 rings (SSSR count). The number of aromatic nitrogens is 6. The first-order valence-electron chi connectivity index (χ1n) is 21.4. The summed E-state index contributed by atoms with van der Waals surface area (Å²) in [5, 5.41) is 21.3. The van der Waals surface area contributed by atoms with Gasteiger partial charge in [-0.1, -0.05) is 111 Å². The first kappa shape index (κ1) is 50.9. The van der Waals surface area contributed by atoms with Crippen LogP contribution in [0.25, 0.3) is 44.6 Å². The Balaban J connectivity index is 0.000000180. The van der Waals surface area contributed by atoms with E-state index in [0.29, 0.717) is 17.6 Å². The van der Waals surface area contributed by atoms with Gasteiger partial charge < -0.3 is 34.4 Å². The molecule has 3 N–H and O–H groups in total. The number of aliphatic hydroxyl groups excluding tert-OH is 1. The van der Waals surface area contributed by atoms with E-state index < -0.39 is 0 Å². The molecule has 4 heterocycles. The Kier molecular flexibility index (Phi) is 20.2. The average Bonchev–Trinajstić information content (AvgIpc) is 4.03. The van der Waals surface area contributed by atoms with Crippen molar-refractivity contribution in [1.29, 1.82) is 0 Å². The van der Waals surface area contributed by atoms with Gasteiger partial charge in [0.05, 0.1) is 31.6 Å². The number of methoxy groups -OCH3 is 2. The molecular weight excluding hydrogens is 859 g/mol. The van der Waals surface area contributed by atoms with E-state index in [1.807, 2.05) is 103 Å². The number of hydrogen-bond acceptors (Lipinski definition) is 9. The molecule has 4 aromatic heterocycles. The molecule has 0 fully saturated rings. The second-order valence-electron chi connectivity index (χ2n) is 14.8. The number of halogens is 1. The molecule has 0 amide bonds. The van der Waals surface area contributed by atoms with E-state index in [-0.39, 0.29) is 42.8 Å². The van der Waals surface area contributed by atoms with Crippen LogP contribution in [0.2, 0.25) is 5.15 Å². The Morgan fingerprint density at radius 1 is 0.545 bits per heavy atom. The first-order chi connectivity index (χ1) is 31.8. The maximum absolute atomic E-state index is 10.4. The quantitative estimate of drug-likeness (QED) is 0.0820. The number of rotatable bonds is 12. The fourth-order valence-corrected chi connectivity index (χ4v) is 6.96. The van der Waals surface area contributed by atoms with Crippen molar-refractivity contribution >= 4 is 33.7 Å². The molecule has 0 saturated carbocycles. The fourth-order valence-electron chi connectivity index (χ4n) is 6.77. The van der Waals surface area contributed by atoms with Crippen LogP contribution in [-0.4, -0.2) is 49.2 Å². The Hall–Kier alpha value is -6.05. The van der Waals surface area contributed by atoms with Crippen LogP contribution in [-0.2, 0) is 39.1 Å². The number of hydrogen-bond donors (Lipinski definition) is 3. The van der Waals surface area contributed by atoms with Gasteiger partial charge >= 0.3 is 29.6 Å². The van der Waals surface area contributed by atoms with E-state index in [4.69, 9.17) is 30.9 Å². The molecule has 334 valence electrons. The van der Waals surface area contributed by atoms with Gasteiger partial charge in [-0.15, -0.1) is 6.61 Å². The van der Waals surface area contributed by atoms with Crippen molar-refractivity contribution in [2.75, 3.05) is 14.2 Å². The zero-order chi connectivity index (χ0) is 46.0. The molecule has 0 aliphatic rings. The van der Waals surface area contributed by atoms with Crippen LogP contribution in [0.3, 0.4) is 0 Å². The number of nitrogens with zero attached hydrogens (tertiary/aromatic N) is 4. The summed E-state index contributed by atoms with van der Waals surface area (Å²) in [4.78, 5) is 23.3. The molecule has 0 aliphatic carbocycles. The Bertz CT molecular complexity index is 2780. The fraction of sp³-hybridized carbons (Fsp3) is 0.208. The summed E-state index contributed by atoms with van der Waals surface area (Å²) >= 11 is 6.01. The maximum Gasteiger partial charge on any atom is 1.00 e. The Morgan fingerprint density at radius 3 is 1.47 bits per heavy atom. The molecule has 13 heteroatoms. The number of nitrogens with one attached hydrogen (secondary N) is 2. The second-order valence-corrected chi connectivity index (χ2v) is 15.2. The van der Waals surface area contributed by atoms with Crippen LogP contribution in [0.1, 0.15) is 54.2 Å². The number of fused-ring (bicyclic) bond motifs is 2. The summed E-state index contributed by atoms with van der Waals surface area (Å²) in [7, 11) is 3.31. The van der Waals surface area contributed by atoms with Gasteiger partial charge in [0.2, 0.25) is 5.88 Å². The second kappa shape index (κ2) is 26.2. The van der Waals surface area contributed by atoms with Crippen LogP contribution in [0.4, 0.5) is 0 Å². The van der Waals surface area contributed by atoms with Gasteiger partial charge in [-0.25, -0.2) is 19.9 Å². The first-order valence-corrected chi connectivity index (χ1v) is 21.8. The van der Waals surface area contributed by atoms with Crippen LogP contribution in [0, 0.1) is 0 Å². The van der Waals surface area contributed by atoms with Crippen LogP contribution in [0.5, 0.6) is 17.4 Å². The van der Waals surface area contributed by atoms with Gasteiger partial charge in [0, 0.05) is 11.4 Å². The van der Waals surface area contributed by atoms with E-state index in [1.165, 1.54) is 29.3 Å². The van der Waals surface area contributed by atoms with Gasteiger partial charge in [0.25, 0.3) is 0 Å². The zero-order valence-electron chi connectivity index (χ0n) is 38.3. The van der Waals surface area contributed by atoms with Crippen molar-refractivity contribution in [1.82, 2.24) is 29.9 Å². The van der Waals surface area contributed by atoms with Crippen molar-refractivity contribution < 1.29 is 54.0 Å². The van der Waals surface area contributed by atoms with E-state index in [0.717, 1.165) is 92.0 Å². The molecule has 0 unspecified atom stereocenters. The van der Waals surface area contributed by atoms with Crippen molar-refractivity contribution in [2.45, 2.75) is 59.9 Å². The normalized spacial score (nSPS) is 10.4. The molecule has 66 heavy (non-hydrogen) atoms. The van der Waals surface area contributed by atoms with Gasteiger partial charge in [0.15, 0.2) is 0 Å². The summed E-state index contributed by atoms with van der Waals surface area (Å²) in [6, 6.07) is 43.9. The van der Waals surface area contributed by atoms with Crippen molar-refractivity contribution in [2.24, 2.45) is 0 Å². The molecule has 11 nitrogen and oxygen atoms in total. The predicted octanol–water partition coefficient (Wildman–Crippen LogP) is 7.92. The van der Waals surface area contributed by atoms with Crippen LogP contribution < -0.4 is 48.9 Å². The minimum Gasteiger partial charge on any atom is -0.851 e. The van der Waals surface area contributed by atoms with Crippen LogP contribution in [0.15, 0.2) is 146 Å². The largest absolute Gasteiger partial charge is 1.00 e. The van der Waals surface area contributed by atoms with Crippen molar-refractivity contribution in [3.63, 3.8) is 0 Å². The monoisotopic (exact) mass is 912 g/mol. The van der Waals surface area contributed by atoms with E-state index in [1.54, 1.807) is 14.2 Å². The van der Waals surface area contributed by atoms with E-state index in [9.17, 15) is 5.11 Å². The summed E-state index contributed by atoms with van der Waals surface area (Å²) in [6.07, 6.45) is 6.02. The summed E-state index contributed by atoms with van der Waals surface area (Å²) in [5.41, 5.74) is 12.4. The molecule has 9 aromatic rings. The molecule has 0 bridgehead atoms. The van der Waals surface area contributed by atoms with E-state index >= 15 is 0 Å². The summed E-state index contributed by atoms with van der Waals surface area (Å²) < 4.78 is 16.3. The molecule has 0 radical (unpaired) electrons. The third-order valence-electron chi connectivity index (χ3n) is 10.5. The number of ether oxygens (including phenoxy) is 3. The summed E-state index contributed by atoms with van der Waals surface area (Å²) in [5.74, 6) is 2.23. The van der Waals surface area contributed by atoms with Gasteiger partial charge in [-0.3, -0.25) is 0 Å². The SMILES string of the molecule is CCc1cccc(CO)c1.CCc1cccc(COc2ncnc3[nH]c(-c4ccc(OC)cc4)cc23)c1.CCc1cccc(C[O-])c1.COc1ccc(-c2cc3c(Cl)ncnc3[nH]2)cc1.[Na+]. The third-order valence-corrected chi connectivity index (χ3v) is 10.8. The number of aryl methyl sites for hydroxylation is 3. The maximum atomic E-state index is 10.4. The number of H-pyrrole nitrogens is 2. The minimum atomic E-state index is -0.103. The van der Waals surface area contributed by atoms with Crippen LogP contribution >= 0.6 is 11.6 Å². The standard InChI is InChI=1S/C22H21N3O2.C13H10ClN3O.C9H12O.C9H11O.Na/c1-3-15-5-4-6-16(11-15)13-27-22-19-12-20(25-21(19)23-14-24-22)17-7-9-18(26-2)10-8-17;1-18-9-4-2-8(3-5-9)11-6-10-12(14)15-7-16-13(10)17-11;2*1-2-8-4-3-5-9(6-8)7-10;/h4-12,14H,3,13H2,1-2H3,(H,23,24,25);2-7H,1H3,(H,15,16,17);3-6,10H,2,7H2,1H3;3-6H,2,7H2,1H3;/q;;;-1;+1. The molecular formula is C53H54ClN6NaO5.